The monoisotopic (exact) mass is 498 g/mol. The fourth-order valence-electron chi connectivity index (χ4n) is 4.32. The van der Waals surface area contributed by atoms with Gasteiger partial charge in [0.25, 0.3) is 0 Å². The molecule has 2 heterocycles. The Bertz CT molecular complexity index is 1470. The van der Waals surface area contributed by atoms with E-state index in [9.17, 15) is 14.9 Å². The predicted octanol–water partition coefficient (Wildman–Crippen LogP) is 5.28. The molecule has 0 spiro atoms. The largest absolute Gasteiger partial charge is 0.464 e. The quantitative estimate of drug-likeness (QED) is 0.180. The van der Waals surface area contributed by atoms with Gasteiger partial charge in [0, 0.05) is 16.5 Å². The highest BCUT2D eigenvalue weighted by atomic mass is 16.6. The Hall–Kier alpha value is -4.60. The van der Waals surface area contributed by atoms with Crippen LogP contribution >= 0.6 is 0 Å². The van der Waals surface area contributed by atoms with Gasteiger partial charge in [0.1, 0.15) is 11.9 Å². The first-order valence-corrected chi connectivity index (χ1v) is 12.1. The number of nitrogens with one attached hydrogen (secondary N) is 2. The van der Waals surface area contributed by atoms with E-state index in [1.165, 1.54) is 6.33 Å². The Balaban J connectivity index is 1.52. The van der Waals surface area contributed by atoms with Crippen molar-refractivity contribution < 1.29 is 14.5 Å². The number of aromatic nitrogens is 3. The number of nitrogens with zero attached hydrogens (tertiary/aromatic N) is 4. The summed E-state index contributed by atoms with van der Waals surface area (Å²) < 4.78 is 5.15. The average molecular weight is 499 g/mol. The molecule has 0 amide bonds. The van der Waals surface area contributed by atoms with E-state index in [4.69, 9.17) is 9.72 Å². The van der Waals surface area contributed by atoms with Crippen LogP contribution in [0.15, 0.2) is 67.0 Å². The molecule has 10 nitrogen and oxygen atoms in total. The normalized spacial score (nSPS) is 14.5. The van der Waals surface area contributed by atoms with E-state index in [0.717, 1.165) is 27.7 Å². The summed E-state index contributed by atoms with van der Waals surface area (Å²) in [6, 6.07) is 19.2. The van der Waals surface area contributed by atoms with E-state index in [-0.39, 0.29) is 23.9 Å². The third kappa shape index (κ3) is 4.77. The van der Waals surface area contributed by atoms with Crippen LogP contribution < -0.4 is 10.6 Å². The van der Waals surface area contributed by atoms with Crippen LogP contribution in [0.4, 0.5) is 17.3 Å². The van der Waals surface area contributed by atoms with Crippen molar-refractivity contribution in [3.05, 3.63) is 82.7 Å². The molecular formula is C27H26N6O4. The zero-order valence-electron chi connectivity index (χ0n) is 20.5. The van der Waals surface area contributed by atoms with Crippen LogP contribution in [0.3, 0.4) is 0 Å². The number of fused-ring (bicyclic) bond motifs is 1. The molecule has 1 atom stereocenters. The maximum absolute atomic E-state index is 12.4. The molecular weight excluding hydrogens is 472 g/mol. The van der Waals surface area contributed by atoms with Crippen LogP contribution in [-0.2, 0) is 9.53 Å². The van der Waals surface area contributed by atoms with Gasteiger partial charge in [-0.05, 0) is 38.8 Å². The van der Waals surface area contributed by atoms with Gasteiger partial charge < -0.3 is 15.4 Å². The van der Waals surface area contributed by atoms with Crippen molar-refractivity contribution in [1.82, 2.24) is 15.0 Å². The van der Waals surface area contributed by atoms with Crippen molar-refractivity contribution in [1.29, 1.82) is 0 Å². The molecule has 0 saturated heterocycles. The van der Waals surface area contributed by atoms with Gasteiger partial charge in [0.15, 0.2) is 0 Å². The van der Waals surface area contributed by atoms with Crippen molar-refractivity contribution in [3.8, 4) is 11.3 Å². The summed E-state index contributed by atoms with van der Waals surface area (Å²) in [6.45, 7) is 3.84. The Morgan fingerprint density at radius 2 is 1.81 bits per heavy atom. The molecule has 2 N–H and O–H groups in total. The highest BCUT2D eigenvalue weighted by Gasteiger charge is 2.53. The number of benzene rings is 2. The summed E-state index contributed by atoms with van der Waals surface area (Å²) in [7, 11) is 0. The number of hydrogen-bond donors (Lipinski definition) is 2. The maximum Gasteiger partial charge on any atom is 0.353 e. The number of esters is 1. The van der Waals surface area contributed by atoms with Crippen LogP contribution in [-0.4, -0.2) is 38.0 Å². The first-order chi connectivity index (χ1) is 17.9. The third-order valence-electron chi connectivity index (χ3n) is 6.40. The lowest BCUT2D eigenvalue weighted by Crippen LogP contribution is -2.34. The molecule has 37 heavy (non-hydrogen) atoms. The molecule has 1 aliphatic carbocycles. The highest BCUT2D eigenvalue weighted by molar-refractivity contribution is 5.89. The fourth-order valence-corrected chi connectivity index (χ4v) is 4.32. The van der Waals surface area contributed by atoms with Gasteiger partial charge in [-0.15, -0.1) is 0 Å². The number of rotatable bonds is 9. The second-order valence-electron chi connectivity index (χ2n) is 8.96. The second kappa shape index (κ2) is 9.81. The summed E-state index contributed by atoms with van der Waals surface area (Å²) in [5, 5.41) is 19.3. The first kappa shape index (κ1) is 24.1. The summed E-state index contributed by atoms with van der Waals surface area (Å²) in [4.78, 5) is 37.2. The molecule has 0 radical (unpaired) electrons. The molecule has 5 rings (SSSR count). The fraction of sp³-hybridized carbons (Fsp3) is 0.259. The van der Waals surface area contributed by atoms with Gasteiger partial charge in [-0.1, -0.05) is 48.5 Å². The van der Waals surface area contributed by atoms with Crippen LogP contribution in [0, 0.1) is 10.1 Å². The molecule has 188 valence electrons. The Morgan fingerprint density at radius 1 is 1.11 bits per heavy atom. The Morgan fingerprint density at radius 3 is 2.51 bits per heavy atom. The number of carbonyl (C=O) groups is 1. The van der Waals surface area contributed by atoms with Gasteiger partial charge in [-0.25, -0.2) is 19.7 Å². The van der Waals surface area contributed by atoms with E-state index in [1.54, 1.807) is 6.92 Å². The lowest BCUT2D eigenvalue weighted by Gasteiger charge is -2.20. The van der Waals surface area contributed by atoms with E-state index < -0.39 is 22.5 Å². The lowest BCUT2D eigenvalue weighted by molar-refractivity contribution is -0.383. The number of ether oxygens (including phenoxy) is 1. The molecule has 10 heteroatoms. The molecule has 1 saturated carbocycles. The summed E-state index contributed by atoms with van der Waals surface area (Å²) in [6.07, 6.45) is 2.26. The molecule has 1 unspecified atom stereocenters. The summed E-state index contributed by atoms with van der Waals surface area (Å²) in [5.74, 6) is -0.428. The van der Waals surface area contributed by atoms with Crippen LogP contribution in [0.5, 0.6) is 0 Å². The van der Waals surface area contributed by atoms with Crippen molar-refractivity contribution in [3.63, 3.8) is 0 Å². The van der Waals surface area contributed by atoms with Crippen molar-refractivity contribution >= 4 is 34.2 Å². The van der Waals surface area contributed by atoms with Gasteiger partial charge >= 0.3 is 11.7 Å². The molecule has 1 fully saturated rings. The van der Waals surface area contributed by atoms with Crippen LogP contribution in [0.25, 0.3) is 22.2 Å². The molecule has 2 aromatic heterocycles. The Labute approximate surface area is 213 Å². The zero-order chi connectivity index (χ0) is 26.0. The van der Waals surface area contributed by atoms with Crippen LogP contribution in [0.1, 0.15) is 38.3 Å². The minimum atomic E-state index is -0.999. The highest BCUT2D eigenvalue weighted by Crippen LogP contribution is 2.43. The molecule has 1 aliphatic rings. The van der Waals surface area contributed by atoms with Gasteiger partial charge in [-0.3, -0.25) is 10.1 Å². The number of carbonyl (C=O) groups excluding carboxylic acids is 1. The SMILES string of the molecule is CCOC(=O)C1(Nc2ncnc(NC(C)c3cc4ccccc4nc3-c3ccccc3)c2[N+](=O)[O-])CC1. The second-order valence-corrected chi connectivity index (χ2v) is 8.96. The lowest BCUT2D eigenvalue weighted by atomic mass is 9.98. The van der Waals surface area contributed by atoms with E-state index in [0.29, 0.717) is 12.8 Å². The van der Waals surface area contributed by atoms with Gasteiger partial charge in [0.05, 0.1) is 28.8 Å². The topological polar surface area (TPSA) is 132 Å². The minimum Gasteiger partial charge on any atom is -0.464 e. The predicted molar refractivity (Wildman–Crippen MR) is 140 cm³/mol. The Kier molecular flexibility index (Phi) is 6.39. The number of pyridine rings is 1. The van der Waals surface area contributed by atoms with E-state index in [2.05, 4.69) is 20.6 Å². The van der Waals surface area contributed by atoms with Crippen molar-refractivity contribution in [2.75, 3.05) is 17.2 Å². The third-order valence-corrected chi connectivity index (χ3v) is 6.40. The molecule has 0 bridgehead atoms. The number of hydrogen-bond acceptors (Lipinski definition) is 9. The minimum absolute atomic E-state index is 0.0276. The first-order valence-electron chi connectivity index (χ1n) is 12.1. The standard InChI is InChI=1S/C27H26N6O4/c1-3-37-26(34)27(13-14-27)32-25-23(33(35)36)24(28-16-29-25)30-17(2)20-15-19-11-7-8-12-21(19)31-22(20)18-9-5-4-6-10-18/h4-12,15-17H,3,13-14H2,1-2H3,(H2,28,29,30,32). The van der Waals surface area contributed by atoms with Crippen molar-refractivity contribution in [2.45, 2.75) is 38.3 Å². The summed E-state index contributed by atoms with van der Waals surface area (Å²) >= 11 is 0. The average Bonchev–Trinajstić information content (AvgIpc) is 3.69. The van der Waals surface area contributed by atoms with Crippen LogP contribution in [0.2, 0.25) is 0 Å². The molecule has 2 aromatic carbocycles. The number of para-hydroxylation sites is 1. The number of nitro groups is 1. The summed E-state index contributed by atoms with van der Waals surface area (Å²) in [5.41, 5.74) is 2.08. The zero-order valence-corrected chi connectivity index (χ0v) is 20.5. The van der Waals surface area contributed by atoms with E-state index >= 15 is 0 Å². The van der Waals surface area contributed by atoms with Gasteiger partial charge in [-0.2, -0.15) is 0 Å². The number of anilines is 2. The van der Waals surface area contributed by atoms with Gasteiger partial charge in [0.2, 0.25) is 11.6 Å². The molecule has 4 aromatic rings. The smallest absolute Gasteiger partial charge is 0.353 e. The molecule has 0 aliphatic heterocycles. The van der Waals surface area contributed by atoms with Crippen molar-refractivity contribution in [2.24, 2.45) is 0 Å². The van der Waals surface area contributed by atoms with E-state index in [1.807, 2.05) is 67.6 Å². The maximum atomic E-state index is 12.4.